The van der Waals surface area contributed by atoms with E-state index in [1.807, 2.05) is 33.8 Å². The Morgan fingerprint density at radius 2 is 2.17 bits per heavy atom. The molecular formula is C13H21N3O2. The number of rotatable bonds is 5. The van der Waals surface area contributed by atoms with Crippen LogP contribution >= 0.6 is 0 Å². The monoisotopic (exact) mass is 251 g/mol. The molecule has 1 aromatic heterocycles. The van der Waals surface area contributed by atoms with Gasteiger partial charge in [0.25, 0.3) is 0 Å². The first-order valence-corrected chi connectivity index (χ1v) is 6.08. The quantitative estimate of drug-likeness (QED) is 0.636. The molecule has 5 heteroatoms. The van der Waals surface area contributed by atoms with Gasteiger partial charge in [0, 0.05) is 19.3 Å². The van der Waals surface area contributed by atoms with Gasteiger partial charge in [-0.25, -0.2) is 9.97 Å². The summed E-state index contributed by atoms with van der Waals surface area (Å²) < 4.78 is 5.20. The summed E-state index contributed by atoms with van der Waals surface area (Å²) in [5.74, 6) is 0.565. The largest absolute Gasteiger partial charge is 0.460 e. The van der Waals surface area contributed by atoms with E-state index in [2.05, 4.69) is 15.3 Å². The van der Waals surface area contributed by atoms with E-state index >= 15 is 0 Å². The minimum atomic E-state index is -0.416. The molecule has 18 heavy (non-hydrogen) atoms. The SMILES string of the molecule is Cc1nccc(CNCCC(=O)OC(C)(C)C)n1. The molecule has 0 aliphatic rings. The fraction of sp³-hybridized carbons (Fsp3) is 0.615. The average molecular weight is 251 g/mol. The lowest BCUT2D eigenvalue weighted by Crippen LogP contribution is -2.26. The van der Waals surface area contributed by atoms with E-state index in [1.165, 1.54) is 0 Å². The number of hydrogen-bond acceptors (Lipinski definition) is 5. The second-order valence-electron chi connectivity index (χ2n) is 5.11. The summed E-state index contributed by atoms with van der Waals surface area (Å²) in [4.78, 5) is 19.7. The predicted octanol–water partition coefficient (Wildman–Crippen LogP) is 1.61. The van der Waals surface area contributed by atoms with Crippen molar-refractivity contribution in [2.24, 2.45) is 0 Å². The van der Waals surface area contributed by atoms with E-state index in [0.29, 0.717) is 19.5 Å². The molecule has 1 N–H and O–H groups in total. The van der Waals surface area contributed by atoms with Gasteiger partial charge in [0.05, 0.1) is 12.1 Å². The molecule has 0 aliphatic carbocycles. The number of nitrogens with zero attached hydrogens (tertiary/aromatic N) is 2. The molecule has 1 rings (SSSR count). The molecule has 0 aromatic carbocycles. The summed E-state index contributed by atoms with van der Waals surface area (Å²) in [6, 6.07) is 1.85. The topological polar surface area (TPSA) is 64.1 Å². The maximum Gasteiger partial charge on any atom is 0.307 e. The summed E-state index contributed by atoms with van der Waals surface area (Å²) in [5, 5.41) is 3.15. The first-order chi connectivity index (χ1) is 8.37. The fourth-order valence-electron chi connectivity index (χ4n) is 1.40. The smallest absolute Gasteiger partial charge is 0.307 e. The van der Waals surface area contributed by atoms with Gasteiger partial charge in [-0.1, -0.05) is 0 Å². The van der Waals surface area contributed by atoms with E-state index in [1.54, 1.807) is 6.20 Å². The molecule has 0 unspecified atom stereocenters. The zero-order chi connectivity index (χ0) is 13.6. The molecular weight excluding hydrogens is 230 g/mol. The van der Waals surface area contributed by atoms with E-state index < -0.39 is 5.60 Å². The molecule has 0 atom stereocenters. The lowest BCUT2D eigenvalue weighted by molar-refractivity contribution is -0.154. The van der Waals surface area contributed by atoms with Crippen molar-refractivity contribution in [3.63, 3.8) is 0 Å². The van der Waals surface area contributed by atoms with Crippen molar-refractivity contribution in [1.82, 2.24) is 15.3 Å². The van der Waals surface area contributed by atoms with Gasteiger partial charge in [0.1, 0.15) is 11.4 Å². The number of aromatic nitrogens is 2. The van der Waals surface area contributed by atoms with Crippen LogP contribution in [-0.2, 0) is 16.1 Å². The first kappa shape index (κ1) is 14.6. The van der Waals surface area contributed by atoms with Gasteiger partial charge < -0.3 is 10.1 Å². The van der Waals surface area contributed by atoms with Crippen molar-refractivity contribution in [1.29, 1.82) is 0 Å². The molecule has 0 bridgehead atoms. The van der Waals surface area contributed by atoms with Crippen molar-refractivity contribution in [3.8, 4) is 0 Å². The third-order valence-corrected chi connectivity index (χ3v) is 2.07. The maximum absolute atomic E-state index is 11.4. The Hall–Kier alpha value is -1.49. The van der Waals surface area contributed by atoms with Crippen LogP contribution in [0.15, 0.2) is 12.3 Å². The highest BCUT2D eigenvalue weighted by molar-refractivity contribution is 5.70. The standard InChI is InChI=1S/C13H21N3O2/c1-10-15-8-5-11(16-10)9-14-7-6-12(17)18-13(2,3)4/h5,8,14H,6-7,9H2,1-4H3. The van der Waals surface area contributed by atoms with Crippen LogP contribution in [0.5, 0.6) is 0 Å². The van der Waals surface area contributed by atoms with Gasteiger partial charge in [-0.05, 0) is 33.8 Å². The van der Waals surface area contributed by atoms with Gasteiger partial charge in [-0.3, -0.25) is 4.79 Å². The van der Waals surface area contributed by atoms with Crippen molar-refractivity contribution in [2.75, 3.05) is 6.54 Å². The highest BCUT2D eigenvalue weighted by Gasteiger charge is 2.15. The van der Waals surface area contributed by atoms with E-state index in [4.69, 9.17) is 4.74 Å². The second kappa shape index (κ2) is 6.44. The Morgan fingerprint density at radius 1 is 1.44 bits per heavy atom. The summed E-state index contributed by atoms with van der Waals surface area (Å²) >= 11 is 0. The average Bonchev–Trinajstić information content (AvgIpc) is 2.22. The van der Waals surface area contributed by atoms with E-state index in [0.717, 1.165) is 11.5 Å². The van der Waals surface area contributed by atoms with Gasteiger partial charge in [-0.2, -0.15) is 0 Å². The fourth-order valence-corrected chi connectivity index (χ4v) is 1.40. The minimum Gasteiger partial charge on any atom is -0.460 e. The van der Waals surface area contributed by atoms with Gasteiger partial charge in [0.15, 0.2) is 0 Å². The lowest BCUT2D eigenvalue weighted by Gasteiger charge is -2.19. The normalized spacial score (nSPS) is 11.3. The third-order valence-electron chi connectivity index (χ3n) is 2.07. The first-order valence-electron chi connectivity index (χ1n) is 6.08. The summed E-state index contributed by atoms with van der Waals surface area (Å²) in [5.41, 5.74) is 0.507. The van der Waals surface area contributed by atoms with Gasteiger partial charge in [0.2, 0.25) is 0 Å². The Kier molecular flexibility index (Phi) is 5.22. The molecule has 100 valence electrons. The van der Waals surface area contributed by atoms with E-state index in [9.17, 15) is 4.79 Å². The third kappa shape index (κ3) is 6.30. The molecule has 0 spiro atoms. The Labute approximate surface area is 108 Å². The number of aryl methyl sites for hydroxylation is 1. The molecule has 0 saturated carbocycles. The van der Waals surface area contributed by atoms with E-state index in [-0.39, 0.29) is 5.97 Å². The summed E-state index contributed by atoms with van der Waals surface area (Å²) in [7, 11) is 0. The van der Waals surface area contributed by atoms with Crippen LogP contribution in [0, 0.1) is 6.92 Å². The summed E-state index contributed by atoms with van der Waals surface area (Å²) in [6.45, 7) is 8.65. The molecule has 0 saturated heterocycles. The zero-order valence-corrected chi connectivity index (χ0v) is 11.5. The molecule has 0 amide bonds. The van der Waals surface area contributed by atoms with Gasteiger partial charge in [-0.15, -0.1) is 0 Å². The molecule has 1 heterocycles. The van der Waals surface area contributed by atoms with Crippen LogP contribution in [0.1, 0.15) is 38.7 Å². The van der Waals surface area contributed by atoms with Gasteiger partial charge >= 0.3 is 5.97 Å². The van der Waals surface area contributed by atoms with Crippen molar-refractivity contribution in [2.45, 2.75) is 46.3 Å². The van der Waals surface area contributed by atoms with Crippen LogP contribution in [0.25, 0.3) is 0 Å². The predicted molar refractivity (Wildman–Crippen MR) is 68.9 cm³/mol. The van der Waals surface area contributed by atoms with Crippen LogP contribution in [0.2, 0.25) is 0 Å². The van der Waals surface area contributed by atoms with Crippen molar-refractivity contribution >= 4 is 5.97 Å². The van der Waals surface area contributed by atoms with Crippen LogP contribution in [-0.4, -0.2) is 28.1 Å². The second-order valence-corrected chi connectivity index (χ2v) is 5.11. The van der Waals surface area contributed by atoms with Crippen molar-refractivity contribution < 1.29 is 9.53 Å². The van der Waals surface area contributed by atoms with Crippen LogP contribution in [0.3, 0.4) is 0 Å². The Morgan fingerprint density at radius 3 is 2.78 bits per heavy atom. The molecule has 0 fully saturated rings. The maximum atomic E-state index is 11.4. The van der Waals surface area contributed by atoms with Crippen molar-refractivity contribution in [3.05, 3.63) is 23.8 Å². The number of esters is 1. The number of hydrogen-bond donors (Lipinski definition) is 1. The molecule has 0 radical (unpaired) electrons. The molecule has 1 aromatic rings. The highest BCUT2D eigenvalue weighted by Crippen LogP contribution is 2.07. The number of ether oxygens (including phenoxy) is 1. The Balaban J connectivity index is 2.21. The number of carbonyl (C=O) groups is 1. The minimum absolute atomic E-state index is 0.186. The summed E-state index contributed by atoms with van der Waals surface area (Å²) in [6.07, 6.45) is 2.09. The highest BCUT2D eigenvalue weighted by atomic mass is 16.6. The number of carbonyl (C=O) groups excluding carboxylic acids is 1. The lowest BCUT2D eigenvalue weighted by atomic mass is 10.2. The van der Waals surface area contributed by atoms with Crippen LogP contribution < -0.4 is 5.32 Å². The molecule has 0 aliphatic heterocycles. The number of nitrogens with one attached hydrogen (secondary N) is 1. The zero-order valence-electron chi connectivity index (χ0n) is 11.5. The van der Waals surface area contributed by atoms with Crippen LogP contribution in [0.4, 0.5) is 0 Å². The Bertz CT molecular complexity index is 399. The molecule has 5 nitrogen and oxygen atoms in total.